The van der Waals surface area contributed by atoms with Crippen molar-refractivity contribution in [2.75, 3.05) is 20.1 Å². The molecule has 4 aliphatic rings. The van der Waals surface area contributed by atoms with E-state index in [-0.39, 0.29) is 17.3 Å². The molecule has 29 heavy (non-hydrogen) atoms. The highest BCUT2D eigenvalue weighted by atomic mass is 32.2. The Morgan fingerprint density at radius 2 is 1.69 bits per heavy atom. The molecule has 1 aromatic rings. The molecule has 0 heterocycles. The minimum absolute atomic E-state index is 0.0837. The van der Waals surface area contributed by atoms with Gasteiger partial charge in [-0.2, -0.15) is 9.57 Å². The summed E-state index contributed by atoms with van der Waals surface area (Å²) < 4.78 is 26.3. The molecule has 156 valence electrons. The van der Waals surface area contributed by atoms with E-state index < -0.39 is 10.0 Å². The van der Waals surface area contributed by atoms with Crippen molar-refractivity contribution in [2.45, 2.75) is 49.8 Å². The summed E-state index contributed by atoms with van der Waals surface area (Å²) in [5.74, 6) is 2.40. The van der Waals surface area contributed by atoms with Crippen LogP contribution in [0.15, 0.2) is 29.2 Å². The van der Waals surface area contributed by atoms with Crippen molar-refractivity contribution in [1.29, 1.82) is 5.26 Å². The molecule has 4 saturated carbocycles. The summed E-state index contributed by atoms with van der Waals surface area (Å²) in [7, 11) is -2.35. The second-order valence-electron chi connectivity index (χ2n) is 9.41. The molecule has 0 unspecified atom stereocenters. The Morgan fingerprint density at radius 1 is 1.14 bits per heavy atom. The number of carbonyl (C=O) groups is 1. The zero-order chi connectivity index (χ0) is 20.6. The summed E-state index contributed by atoms with van der Waals surface area (Å²) >= 11 is 0. The highest BCUT2D eigenvalue weighted by Gasteiger charge is 2.50. The fourth-order valence-corrected chi connectivity index (χ4v) is 7.41. The standard InChI is InChI=1S/C22H29N3O3S/c1-25(29(27,28)20-4-2-16(14-23)3-5-20)15-21(26)24-7-6-22-11-17-8-18(12-22)10-19(9-17)13-22/h2-5,17-19H,6-13,15H2,1H3,(H,24,26). The molecular formula is C22H29N3O3S. The van der Waals surface area contributed by atoms with Crippen molar-refractivity contribution < 1.29 is 13.2 Å². The molecule has 0 atom stereocenters. The van der Waals surface area contributed by atoms with Gasteiger partial charge >= 0.3 is 0 Å². The quantitative estimate of drug-likeness (QED) is 0.741. The number of sulfonamides is 1. The van der Waals surface area contributed by atoms with E-state index in [1.165, 1.54) is 69.8 Å². The summed E-state index contributed by atoms with van der Waals surface area (Å²) in [6.07, 6.45) is 9.15. The predicted molar refractivity (Wildman–Crippen MR) is 109 cm³/mol. The molecule has 0 aliphatic heterocycles. The third-order valence-corrected chi connectivity index (χ3v) is 9.02. The largest absolute Gasteiger partial charge is 0.355 e. The van der Waals surface area contributed by atoms with Crippen molar-refractivity contribution in [3.63, 3.8) is 0 Å². The van der Waals surface area contributed by atoms with Gasteiger partial charge in [0.15, 0.2) is 0 Å². The first kappa shape index (κ1) is 20.4. The van der Waals surface area contributed by atoms with E-state index in [2.05, 4.69) is 5.32 Å². The molecule has 7 heteroatoms. The fourth-order valence-electron chi connectivity index (χ4n) is 6.29. The first-order valence-electron chi connectivity index (χ1n) is 10.5. The van der Waals surface area contributed by atoms with Crippen LogP contribution in [0.1, 0.15) is 50.5 Å². The van der Waals surface area contributed by atoms with Gasteiger partial charge in [-0.05, 0) is 92.4 Å². The molecule has 1 aromatic carbocycles. The van der Waals surface area contributed by atoms with Crippen LogP contribution in [-0.2, 0) is 14.8 Å². The Bertz CT molecular complexity index is 882. The predicted octanol–water partition coefficient (Wildman–Crippen LogP) is 2.90. The lowest BCUT2D eigenvalue weighted by Gasteiger charge is -2.57. The average Bonchev–Trinajstić information content (AvgIpc) is 2.66. The molecule has 4 bridgehead atoms. The third kappa shape index (κ3) is 4.19. The Balaban J connectivity index is 1.28. The van der Waals surface area contributed by atoms with E-state index >= 15 is 0 Å². The lowest BCUT2D eigenvalue weighted by atomic mass is 9.49. The number of nitrogens with zero attached hydrogens (tertiary/aromatic N) is 2. The maximum absolute atomic E-state index is 12.6. The lowest BCUT2D eigenvalue weighted by molar-refractivity contribution is -0.121. The van der Waals surface area contributed by atoms with Gasteiger partial charge in [0, 0.05) is 13.6 Å². The highest BCUT2D eigenvalue weighted by Crippen LogP contribution is 2.61. The maximum atomic E-state index is 12.6. The Kier molecular flexibility index (Phi) is 5.43. The van der Waals surface area contributed by atoms with Crippen molar-refractivity contribution in [3.8, 4) is 6.07 Å². The molecule has 0 spiro atoms. The molecule has 6 nitrogen and oxygen atoms in total. The monoisotopic (exact) mass is 415 g/mol. The first-order chi connectivity index (χ1) is 13.8. The molecule has 4 fully saturated rings. The molecule has 0 radical (unpaired) electrons. The van der Waals surface area contributed by atoms with Gasteiger partial charge in [-0.1, -0.05) is 0 Å². The number of nitrogens with one attached hydrogen (secondary N) is 1. The van der Waals surface area contributed by atoms with E-state index in [4.69, 9.17) is 5.26 Å². The second kappa shape index (κ2) is 7.73. The first-order valence-corrected chi connectivity index (χ1v) is 12.0. The number of carbonyl (C=O) groups excluding carboxylic acids is 1. The van der Waals surface area contributed by atoms with Crippen LogP contribution in [0, 0.1) is 34.5 Å². The topological polar surface area (TPSA) is 90.3 Å². The zero-order valence-electron chi connectivity index (χ0n) is 16.9. The molecule has 5 rings (SSSR count). The number of rotatable bonds is 7. The summed E-state index contributed by atoms with van der Waals surface area (Å²) in [5, 5.41) is 11.8. The van der Waals surface area contributed by atoms with Crippen LogP contribution in [0.25, 0.3) is 0 Å². The smallest absolute Gasteiger partial charge is 0.243 e. The average molecular weight is 416 g/mol. The van der Waals surface area contributed by atoms with Crippen molar-refractivity contribution in [3.05, 3.63) is 29.8 Å². The van der Waals surface area contributed by atoms with Gasteiger partial charge in [0.1, 0.15) is 0 Å². The number of benzene rings is 1. The second-order valence-corrected chi connectivity index (χ2v) is 11.5. The van der Waals surface area contributed by atoms with Gasteiger partial charge in [0.25, 0.3) is 0 Å². The summed E-state index contributed by atoms with van der Waals surface area (Å²) in [5.41, 5.74) is 0.802. The van der Waals surface area contributed by atoms with Gasteiger partial charge in [0.05, 0.1) is 23.1 Å². The van der Waals surface area contributed by atoms with Crippen LogP contribution >= 0.6 is 0 Å². The molecule has 4 aliphatic carbocycles. The molecule has 0 aromatic heterocycles. The van der Waals surface area contributed by atoms with Gasteiger partial charge in [0.2, 0.25) is 15.9 Å². The fraction of sp³-hybridized carbons (Fsp3) is 0.636. The minimum Gasteiger partial charge on any atom is -0.355 e. The zero-order valence-corrected chi connectivity index (χ0v) is 17.7. The molecule has 1 amide bonds. The number of likely N-dealkylation sites (N-methyl/N-ethyl adjacent to an activating group) is 1. The van der Waals surface area contributed by atoms with Crippen molar-refractivity contribution in [2.24, 2.45) is 23.2 Å². The van der Waals surface area contributed by atoms with Crippen molar-refractivity contribution in [1.82, 2.24) is 9.62 Å². The van der Waals surface area contributed by atoms with Crippen LogP contribution in [-0.4, -0.2) is 38.8 Å². The van der Waals surface area contributed by atoms with E-state index in [0.717, 1.165) is 28.5 Å². The SMILES string of the molecule is CN(CC(=O)NCCC12CC3CC(CC(C3)C1)C2)S(=O)(=O)c1ccc(C#N)cc1. The Hall–Kier alpha value is -1.91. The van der Waals surface area contributed by atoms with Crippen LogP contribution in [0.4, 0.5) is 0 Å². The Labute approximate surface area is 173 Å². The van der Waals surface area contributed by atoms with Crippen molar-refractivity contribution >= 4 is 15.9 Å². The number of amides is 1. The number of nitriles is 1. The molecule has 0 saturated heterocycles. The van der Waals surface area contributed by atoms with E-state index in [1.807, 2.05) is 6.07 Å². The maximum Gasteiger partial charge on any atom is 0.243 e. The summed E-state index contributed by atoms with van der Waals surface area (Å²) in [4.78, 5) is 12.4. The van der Waals surface area contributed by atoms with E-state index in [9.17, 15) is 13.2 Å². The van der Waals surface area contributed by atoms with Crippen LogP contribution < -0.4 is 5.32 Å². The molecule has 1 N–H and O–H groups in total. The van der Waals surface area contributed by atoms with Gasteiger partial charge in [-0.25, -0.2) is 8.42 Å². The third-order valence-electron chi connectivity index (χ3n) is 7.20. The highest BCUT2D eigenvalue weighted by molar-refractivity contribution is 7.89. The molecular weight excluding hydrogens is 386 g/mol. The number of hydrogen-bond donors (Lipinski definition) is 1. The summed E-state index contributed by atoms with van der Waals surface area (Å²) in [6.45, 7) is 0.416. The lowest BCUT2D eigenvalue weighted by Crippen LogP contribution is -2.47. The number of hydrogen-bond acceptors (Lipinski definition) is 4. The normalized spacial score (nSPS) is 30.3. The van der Waals surface area contributed by atoms with Crippen LogP contribution in [0.5, 0.6) is 0 Å². The van der Waals surface area contributed by atoms with Gasteiger partial charge < -0.3 is 5.32 Å². The van der Waals surface area contributed by atoms with E-state index in [0.29, 0.717) is 17.5 Å². The summed E-state index contributed by atoms with van der Waals surface area (Å²) in [6, 6.07) is 7.69. The van der Waals surface area contributed by atoms with Gasteiger partial charge in [-0.15, -0.1) is 0 Å². The van der Waals surface area contributed by atoms with Gasteiger partial charge in [-0.3, -0.25) is 4.79 Å². The van der Waals surface area contributed by atoms with E-state index in [1.54, 1.807) is 0 Å². The van der Waals surface area contributed by atoms with Crippen LogP contribution in [0.3, 0.4) is 0 Å². The Morgan fingerprint density at radius 3 is 2.21 bits per heavy atom. The van der Waals surface area contributed by atoms with Crippen LogP contribution in [0.2, 0.25) is 0 Å². The minimum atomic E-state index is -3.76.